The minimum Gasteiger partial charge on any atom is -0.367 e. The van der Waals surface area contributed by atoms with Crippen LogP contribution in [-0.2, 0) is 0 Å². The van der Waals surface area contributed by atoms with E-state index in [9.17, 15) is 0 Å². The molecule has 0 amide bonds. The molecule has 0 bridgehead atoms. The van der Waals surface area contributed by atoms with E-state index >= 15 is 0 Å². The third-order valence-electron chi connectivity index (χ3n) is 2.84. The van der Waals surface area contributed by atoms with Crippen LogP contribution in [0.1, 0.15) is 11.4 Å². The Labute approximate surface area is 114 Å². The third-order valence-corrected chi connectivity index (χ3v) is 3.73. The number of nitrogens with zero attached hydrogens (tertiary/aromatic N) is 3. The number of aryl methyl sites for hydroxylation is 2. The van der Waals surface area contributed by atoms with Gasteiger partial charge in [0.05, 0.1) is 17.0 Å². The van der Waals surface area contributed by atoms with Crippen LogP contribution >= 0.6 is 11.3 Å². The minimum absolute atomic E-state index is 0.325. The molecule has 0 fully saturated rings. The number of nitrogen functional groups attached to an aromatic ring is 1. The molecule has 6 heteroatoms. The number of hydrogen-bond donors (Lipinski definition) is 1. The zero-order valence-corrected chi connectivity index (χ0v) is 11.4. The van der Waals surface area contributed by atoms with Gasteiger partial charge in [-0.3, -0.25) is 0 Å². The van der Waals surface area contributed by atoms with E-state index in [0.29, 0.717) is 5.88 Å². The summed E-state index contributed by atoms with van der Waals surface area (Å²) in [6, 6.07) is 5.91. The Morgan fingerprint density at radius 1 is 1.26 bits per heavy atom. The topological polar surface area (TPSA) is 77.8 Å². The van der Waals surface area contributed by atoms with E-state index in [0.717, 1.165) is 33.1 Å². The van der Waals surface area contributed by atoms with Crippen molar-refractivity contribution >= 4 is 17.2 Å². The molecule has 0 aliphatic heterocycles. The van der Waals surface area contributed by atoms with Crippen molar-refractivity contribution in [3.8, 4) is 21.7 Å². The van der Waals surface area contributed by atoms with E-state index in [1.165, 1.54) is 0 Å². The Bertz CT molecular complexity index is 718. The van der Waals surface area contributed by atoms with Gasteiger partial charge in [0.15, 0.2) is 0 Å². The molecular formula is C13H12N4OS. The molecule has 0 aliphatic carbocycles. The number of anilines is 1. The molecule has 19 heavy (non-hydrogen) atoms. The van der Waals surface area contributed by atoms with Gasteiger partial charge in [0.1, 0.15) is 5.69 Å². The van der Waals surface area contributed by atoms with Gasteiger partial charge in [-0.05, 0) is 31.4 Å². The summed E-state index contributed by atoms with van der Waals surface area (Å²) in [6.45, 7) is 3.79. The van der Waals surface area contributed by atoms with E-state index in [-0.39, 0.29) is 0 Å². The lowest BCUT2D eigenvalue weighted by Gasteiger charge is -2.03. The fourth-order valence-corrected chi connectivity index (χ4v) is 2.71. The largest absolute Gasteiger partial charge is 0.367 e. The van der Waals surface area contributed by atoms with Gasteiger partial charge in [0.2, 0.25) is 5.88 Å². The maximum atomic E-state index is 5.90. The van der Waals surface area contributed by atoms with E-state index in [1.807, 2.05) is 37.4 Å². The van der Waals surface area contributed by atoms with Crippen LogP contribution in [0.3, 0.4) is 0 Å². The van der Waals surface area contributed by atoms with Crippen LogP contribution < -0.4 is 5.73 Å². The van der Waals surface area contributed by atoms with Gasteiger partial charge in [-0.1, -0.05) is 11.2 Å². The zero-order chi connectivity index (χ0) is 13.4. The van der Waals surface area contributed by atoms with E-state index in [4.69, 9.17) is 10.3 Å². The summed E-state index contributed by atoms with van der Waals surface area (Å²) < 4.78 is 5.15. The normalized spacial score (nSPS) is 10.8. The highest BCUT2D eigenvalue weighted by atomic mass is 32.1. The van der Waals surface area contributed by atoms with Crippen molar-refractivity contribution in [3.63, 3.8) is 0 Å². The summed E-state index contributed by atoms with van der Waals surface area (Å²) in [4.78, 5) is 1.03. The molecule has 3 aromatic rings. The van der Waals surface area contributed by atoms with Gasteiger partial charge < -0.3 is 10.3 Å². The van der Waals surface area contributed by atoms with Crippen LogP contribution in [0.15, 0.2) is 28.1 Å². The first-order valence-corrected chi connectivity index (χ1v) is 6.65. The van der Waals surface area contributed by atoms with Crippen molar-refractivity contribution < 1.29 is 4.52 Å². The Morgan fingerprint density at radius 2 is 2.11 bits per heavy atom. The average Bonchev–Trinajstić information content (AvgIpc) is 3.01. The van der Waals surface area contributed by atoms with Gasteiger partial charge in [-0.15, -0.1) is 11.3 Å². The smallest absolute Gasteiger partial charge is 0.231 e. The zero-order valence-electron chi connectivity index (χ0n) is 10.5. The Kier molecular flexibility index (Phi) is 2.79. The highest BCUT2D eigenvalue weighted by Crippen LogP contribution is 2.39. The first-order chi connectivity index (χ1) is 9.16. The number of rotatable bonds is 2. The lowest BCUT2D eigenvalue weighted by atomic mass is 10.1. The number of hydrogen-bond acceptors (Lipinski definition) is 6. The van der Waals surface area contributed by atoms with E-state index < -0.39 is 0 Å². The van der Waals surface area contributed by atoms with E-state index in [2.05, 4.69) is 15.4 Å². The van der Waals surface area contributed by atoms with Crippen molar-refractivity contribution in [3.05, 3.63) is 35.0 Å². The number of nitrogens with two attached hydrogens (primary N) is 1. The molecule has 0 spiro atoms. The summed E-state index contributed by atoms with van der Waals surface area (Å²) in [7, 11) is 0. The van der Waals surface area contributed by atoms with Crippen LogP contribution in [0.25, 0.3) is 21.7 Å². The second-order valence-corrected chi connectivity index (χ2v) is 5.18. The molecule has 0 aromatic carbocycles. The summed E-state index contributed by atoms with van der Waals surface area (Å²) >= 11 is 1.60. The fourth-order valence-electron chi connectivity index (χ4n) is 1.94. The Balaban J connectivity index is 2.24. The average molecular weight is 272 g/mol. The number of thiophene rings is 1. The van der Waals surface area contributed by atoms with Crippen molar-refractivity contribution in [2.24, 2.45) is 0 Å². The molecule has 0 atom stereocenters. The summed E-state index contributed by atoms with van der Waals surface area (Å²) in [6.07, 6.45) is 0. The first-order valence-electron chi connectivity index (χ1n) is 5.77. The van der Waals surface area contributed by atoms with Gasteiger partial charge in [-0.25, -0.2) is 0 Å². The lowest BCUT2D eigenvalue weighted by Crippen LogP contribution is -1.95. The molecule has 0 saturated heterocycles. The fraction of sp³-hybridized carbons (Fsp3) is 0.154. The molecular weight excluding hydrogens is 260 g/mol. The summed E-state index contributed by atoms with van der Waals surface area (Å²) in [5, 5.41) is 14.2. The van der Waals surface area contributed by atoms with Crippen LogP contribution in [-0.4, -0.2) is 15.4 Å². The van der Waals surface area contributed by atoms with Crippen molar-refractivity contribution in [1.29, 1.82) is 0 Å². The second-order valence-electron chi connectivity index (χ2n) is 4.23. The SMILES string of the molecule is Cc1cc(-c2noc(N)c2-c2cccs2)c(C)nn1. The molecule has 3 heterocycles. The van der Waals surface area contributed by atoms with Gasteiger partial charge in [0, 0.05) is 10.4 Å². The highest BCUT2D eigenvalue weighted by Gasteiger charge is 2.20. The van der Waals surface area contributed by atoms with Crippen LogP contribution in [0.2, 0.25) is 0 Å². The first kappa shape index (κ1) is 11.9. The van der Waals surface area contributed by atoms with Gasteiger partial charge >= 0.3 is 0 Å². The monoisotopic (exact) mass is 272 g/mol. The molecule has 3 aromatic heterocycles. The third kappa shape index (κ3) is 2.00. The predicted octanol–water partition coefficient (Wildman–Crippen LogP) is 3.06. The second kappa shape index (κ2) is 4.47. The van der Waals surface area contributed by atoms with Crippen molar-refractivity contribution in [2.45, 2.75) is 13.8 Å². The lowest BCUT2D eigenvalue weighted by molar-refractivity contribution is 0.439. The van der Waals surface area contributed by atoms with Crippen molar-refractivity contribution in [1.82, 2.24) is 15.4 Å². The Morgan fingerprint density at radius 3 is 2.84 bits per heavy atom. The molecule has 0 aliphatic rings. The molecule has 0 radical (unpaired) electrons. The quantitative estimate of drug-likeness (QED) is 0.775. The van der Waals surface area contributed by atoms with Gasteiger partial charge in [0.25, 0.3) is 0 Å². The maximum absolute atomic E-state index is 5.90. The maximum Gasteiger partial charge on any atom is 0.231 e. The standard InChI is InChI=1S/C13H12N4OS/c1-7-6-9(8(2)16-15-7)12-11(13(14)18-17-12)10-4-3-5-19-10/h3-6H,14H2,1-2H3. The predicted molar refractivity (Wildman–Crippen MR) is 74.7 cm³/mol. The summed E-state index contributed by atoms with van der Waals surface area (Å²) in [5.41, 5.74) is 9.98. The highest BCUT2D eigenvalue weighted by molar-refractivity contribution is 7.13. The van der Waals surface area contributed by atoms with Crippen LogP contribution in [0.4, 0.5) is 5.88 Å². The molecule has 96 valence electrons. The molecule has 2 N–H and O–H groups in total. The Hall–Kier alpha value is -2.21. The molecule has 5 nitrogen and oxygen atoms in total. The molecule has 0 saturated carbocycles. The van der Waals surface area contributed by atoms with Crippen LogP contribution in [0.5, 0.6) is 0 Å². The van der Waals surface area contributed by atoms with Crippen LogP contribution in [0, 0.1) is 13.8 Å². The molecule has 0 unspecified atom stereocenters. The van der Waals surface area contributed by atoms with Crippen molar-refractivity contribution in [2.75, 3.05) is 5.73 Å². The minimum atomic E-state index is 0.325. The summed E-state index contributed by atoms with van der Waals surface area (Å²) in [5.74, 6) is 0.325. The van der Waals surface area contributed by atoms with E-state index in [1.54, 1.807) is 11.3 Å². The number of aromatic nitrogens is 3. The molecule has 3 rings (SSSR count). The van der Waals surface area contributed by atoms with Gasteiger partial charge in [-0.2, -0.15) is 10.2 Å².